The van der Waals surface area contributed by atoms with E-state index in [2.05, 4.69) is 37.9 Å². The van der Waals surface area contributed by atoms with Crippen molar-refractivity contribution in [3.63, 3.8) is 0 Å². The van der Waals surface area contributed by atoms with Crippen LogP contribution in [0.4, 0.5) is 0 Å². The molecule has 0 amide bonds. The molecule has 2 aliphatic heterocycles. The van der Waals surface area contributed by atoms with E-state index in [1.807, 2.05) is 0 Å². The Morgan fingerprint density at radius 3 is 2.82 bits per heavy atom. The first-order valence-corrected chi connectivity index (χ1v) is 7.11. The summed E-state index contributed by atoms with van der Waals surface area (Å²) in [4.78, 5) is 2.62. The van der Waals surface area contributed by atoms with Crippen LogP contribution in [0.25, 0.3) is 0 Å². The Bertz CT molecular complexity index is 249. The summed E-state index contributed by atoms with van der Waals surface area (Å²) >= 11 is 0. The number of ether oxygens (including phenoxy) is 1. The first kappa shape index (κ1) is 13.3. The Balaban J connectivity index is 1.93. The second-order valence-electron chi connectivity index (χ2n) is 6.44. The van der Waals surface area contributed by atoms with Gasteiger partial charge in [0.25, 0.3) is 0 Å². The molecule has 2 aliphatic rings. The summed E-state index contributed by atoms with van der Waals surface area (Å²) in [6, 6.07) is 1.27. The zero-order chi connectivity index (χ0) is 12.5. The van der Waals surface area contributed by atoms with Crippen LogP contribution in [0.15, 0.2) is 0 Å². The molecule has 2 rings (SSSR count). The molecular formula is C14H28N2O. The van der Waals surface area contributed by atoms with Gasteiger partial charge in [-0.1, -0.05) is 13.8 Å². The van der Waals surface area contributed by atoms with Crippen LogP contribution < -0.4 is 5.32 Å². The van der Waals surface area contributed by atoms with E-state index in [0.29, 0.717) is 18.0 Å². The van der Waals surface area contributed by atoms with Crippen LogP contribution in [0.3, 0.4) is 0 Å². The minimum atomic E-state index is 0.104. The molecule has 0 aromatic rings. The third-order valence-corrected chi connectivity index (χ3v) is 4.37. The van der Waals surface area contributed by atoms with Gasteiger partial charge in [0, 0.05) is 38.3 Å². The Labute approximate surface area is 106 Å². The third kappa shape index (κ3) is 3.21. The van der Waals surface area contributed by atoms with Crippen molar-refractivity contribution in [3.05, 3.63) is 0 Å². The van der Waals surface area contributed by atoms with Gasteiger partial charge in [0.2, 0.25) is 0 Å². The molecule has 2 heterocycles. The number of nitrogens with one attached hydrogen (secondary N) is 1. The topological polar surface area (TPSA) is 24.5 Å². The summed E-state index contributed by atoms with van der Waals surface area (Å²) in [7, 11) is 0. The third-order valence-electron chi connectivity index (χ3n) is 4.37. The molecule has 100 valence electrons. The minimum Gasteiger partial charge on any atom is -0.374 e. The van der Waals surface area contributed by atoms with Crippen molar-refractivity contribution in [2.24, 2.45) is 5.92 Å². The number of piperazine rings is 1. The first-order valence-electron chi connectivity index (χ1n) is 7.11. The van der Waals surface area contributed by atoms with E-state index in [4.69, 9.17) is 4.74 Å². The fourth-order valence-corrected chi connectivity index (χ4v) is 3.01. The van der Waals surface area contributed by atoms with E-state index in [1.54, 1.807) is 0 Å². The number of hydrogen-bond acceptors (Lipinski definition) is 3. The standard InChI is InChI=1S/C14H28N2O/c1-11(2)13-9-16(12(3)8-15-13)10-14(4)6-5-7-17-14/h11-13,15H,5-10H2,1-4H3. The van der Waals surface area contributed by atoms with Gasteiger partial charge in [-0.25, -0.2) is 0 Å². The van der Waals surface area contributed by atoms with E-state index in [9.17, 15) is 0 Å². The van der Waals surface area contributed by atoms with Gasteiger partial charge in [-0.05, 0) is 32.6 Å². The highest BCUT2D eigenvalue weighted by atomic mass is 16.5. The Kier molecular flexibility index (Phi) is 4.11. The average molecular weight is 240 g/mol. The van der Waals surface area contributed by atoms with Crippen LogP contribution >= 0.6 is 0 Å². The molecule has 0 radical (unpaired) electrons. The molecule has 0 aromatic carbocycles. The number of rotatable bonds is 3. The fourth-order valence-electron chi connectivity index (χ4n) is 3.01. The summed E-state index contributed by atoms with van der Waals surface area (Å²) in [6.07, 6.45) is 2.45. The summed E-state index contributed by atoms with van der Waals surface area (Å²) in [5, 5.41) is 3.65. The highest BCUT2D eigenvalue weighted by Crippen LogP contribution is 2.27. The molecule has 3 unspecified atom stereocenters. The maximum absolute atomic E-state index is 5.93. The predicted octanol–water partition coefficient (Wildman–Crippen LogP) is 1.87. The van der Waals surface area contributed by atoms with Gasteiger partial charge in [-0.3, -0.25) is 4.90 Å². The van der Waals surface area contributed by atoms with E-state index >= 15 is 0 Å². The van der Waals surface area contributed by atoms with Crippen LogP contribution in [-0.2, 0) is 4.74 Å². The fraction of sp³-hybridized carbons (Fsp3) is 1.00. The van der Waals surface area contributed by atoms with Crippen LogP contribution in [0.2, 0.25) is 0 Å². The predicted molar refractivity (Wildman–Crippen MR) is 71.3 cm³/mol. The van der Waals surface area contributed by atoms with Crippen molar-refractivity contribution in [3.8, 4) is 0 Å². The van der Waals surface area contributed by atoms with Gasteiger partial charge in [0.05, 0.1) is 5.60 Å². The van der Waals surface area contributed by atoms with Gasteiger partial charge in [0.1, 0.15) is 0 Å². The van der Waals surface area contributed by atoms with Crippen LogP contribution in [0.5, 0.6) is 0 Å². The summed E-state index contributed by atoms with van der Waals surface area (Å²) < 4.78 is 5.93. The van der Waals surface area contributed by atoms with Crippen molar-refractivity contribution < 1.29 is 4.74 Å². The van der Waals surface area contributed by atoms with E-state index in [-0.39, 0.29) is 5.60 Å². The van der Waals surface area contributed by atoms with Gasteiger partial charge >= 0.3 is 0 Å². The zero-order valence-corrected chi connectivity index (χ0v) is 11.8. The van der Waals surface area contributed by atoms with Crippen LogP contribution in [-0.4, -0.2) is 48.8 Å². The first-order chi connectivity index (χ1) is 8.00. The lowest BCUT2D eigenvalue weighted by Gasteiger charge is -2.43. The monoisotopic (exact) mass is 240 g/mol. The zero-order valence-electron chi connectivity index (χ0n) is 11.8. The largest absolute Gasteiger partial charge is 0.374 e. The lowest BCUT2D eigenvalue weighted by atomic mass is 9.96. The molecule has 0 saturated carbocycles. The highest BCUT2D eigenvalue weighted by Gasteiger charge is 2.35. The van der Waals surface area contributed by atoms with E-state index in [0.717, 1.165) is 26.2 Å². The van der Waals surface area contributed by atoms with Crippen molar-refractivity contribution in [1.82, 2.24) is 10.2 Å². The average Bonchev–Trinajstić information content (AvgIpc) is 2.68. The molecule has 0 aromatic heterocycles. The van der Waals surface area contributed by atoms with Gasteiger partial charge in [-0.2, -0.15) is 0 Å². The van der Waals surface area contributed by atoms with Crippen molar-refractivity contribution in [2.75, 3.05) is 26.2 Å². The quantitative estimate of drug-likeness (QED) is 0.815. The molecule has 3 nitrogen and oxygen atoms in total. The van der Waals surface area contributed by atoms with Crippen LogP contribution in [0.1, 0.15) is 40.5 Å². The Morgan fingerprint density at radius 2 is 2.24 bits per heavy atom. The summed E-state index contributed by atoms with van der Waals surface area (Å²) in [6.45, 7) is 13.5. The van der Waals surface area contributed by atoms with E-state index in [1.165, 1.54) is 12.8 Å². The molecular weight excluding hydrogens is 212 g/mol. The molecule has 1 N–H and O–H groups in total. The second kappa shape index (κ2) is 5.25. The SMILES string of the molecule is CC(C)C1CN(CC2(C)CCCO2)C(C)CN1. The van der Waals surface area contributed by atoms with Gasteiger partial charge in [-0.15, -0.1) is 0 Å². The molecule has 2 fully saturated rings. The molecule has 0 aliphatic carbocycles. The van der Waals surface area contributed by atoms with Crippen molar-refractivity contribution in [1.29, 1.82) is 0 Å². The lowest BCUT2D eigenvalue weighted by molar-refractivity contribution is -0.0275. The normalized spacial score (nSPS) is 40.1. The smallest absolute Gasteiger partial charge is 0.0781 e. The van der Waals surface area contributed by atoms with Gasteiger partial charge in [0.15, 0.2) is 0 Å². The van der Waals surface area contributed by atoms with Gasteiger partial charge < -0.3 is 10.1 Å². The Hall–Kier alpha value is -0.120. The highest BCUT2D eigenvalue weighted by molar-refractivity contribution is 4.91. The maximum Gasteiger partial charge on any atom is 0.0781 e. The van der Waals surface area contributed by atoms with Crippen LogP contribution in [0, 0.1) is 5.92 Å². The Morgan fingerprint density at radius 1 is 1.47 bits per heavy atom. The van der Waals surface area contributed by atoms with E-state index < -0.39 is 0 Å². The summed E-state index contributed by atoms with van der Waals surface area (Å²) in [5.41, 5.74) is 0.104. The van der Waals surface area contributed by atoms with Crippen molar-refractivity contribution in [2.45, 2.75) is 58.2 Å². The minimum absolute atomic E-state index is 0.104. The molecule has 17 heavy (non-hydrogen) atoms. The molecule has 0 bridgehead atoms. The lowest BCUT2D eigenvalue weighted by Crippen LogP contribution is -2.59. The summed E-state index contributed by atoms with van der Waals surface area (Å²) in [5.74, 6) is 0.710. The number of hydrogen-bond donors (Lipinski definition) is 1. The molecule has 0 spiro atoms. The number of nitrogens with zero attached hydrogens (tertiary/aromatic N) is 1. The maximum atomic E-state index is 5.93. The second-order valence-corrected chi connectivity index (χ2v) is 6.44. The molecule has 3 heteroatoms. The van der Waals surface area contributed by atoms with Crippen molar-refractivity contribution >= 4 is 0 Å². The molecule has 3 atom stereocenters. The molecule has 2 saturated heterocycles.